The molecule has 1 unspecified atom stereocenters. The summed E-state index contributed by atoms with van der Waals surface area (Å²) in [6.07, 6.45) is 3.33. The molecule has 0 amide bonds. The lowest BCUT2D eigenvalue weighted by molar-refractivity contribution is 0.228. The van der Waals surface area contributed by atoms with E-state index in [4.69, 9.17) is 0 Å². The van der Waals surface area contributed by atoms with Crippen molar-refractivity contribution in [2.24, 2.45) is 0 Å². The molecule has 1 aliphatic rings. The number of nitrogens with zero attached hydrogens (tertiary/aromatic N) is 2. The van der Waals surface area contributed by atoms with E-state index in [9.17, 15) is 13.5 Å². The molecular formula is C15H24N2O3S. The second-order valence-corrected chi connectivity index (χ2v) is 7.41. The standard InChI is InChI=1S/C15H24N2O3S/c1-16(21(19,20)17-11-6-3-7-12-17)15(10-13-18)14-8-4-2-5-9-14/h2,4-5,8-9,15,18H,3,6-7,10-13H2,1H3. The van der Waals surface area contributed by atoms with Crippen LogP contribution in [0.4, 0.5) is 0 Å². The molecule has 1 saturated heterocycles. The van der Waals surface area contributed by atoms with Crippen molar-refractivity contribution in [3.63, 3.8) is 0 Å². The van der Waals surface area contributed by atoms with Crippen LogP contribution in [-0.4, -0.2) is 48.9 Å². The lowest BCUT2D eigenvalue weighted by atomic mass is 10.0. The fourth-order valence-electron chi connectivity index (χ4n) is 2.79. The van der Waals surface area contributed by atoms with Crippen molar-refractivity contribution in [1.82, 2.24) is 8.61 Å². The van der Waals surface area contributed by atoms with Gasteiger partial charge in [-0.1, -0.05) is 36.8 Å². The summed E-state index contributed by atoms with van der Waals surface area (Å²) in [5, 5.41) is 9.29. The summed E-state index contributed by atoms with van der Waals surface area (Å²) in [7, 11) is -1.87. The molecule has 1 aromatic rings. The van der Waals surface area contributed by atoms with E-state index < -0.39 is 10.2 Å². The number of rotatable bonds is 6. The van der Waals surface area contributed by atoms with Gasteiger partial charge in [0.1, 0.15) is 0 Å². The lowest BCUT2D eigenvalue weighted by Crippen LogP contribution is -2.45. The maximum absolute atomic E-state index is 12.7. The van der Waals surface area contributed by atoms with Gasteiger partial charge in [-0.3, -0.25) is 0 Å². The molecular weight excluding hydrogens is 288 g/mol. The van der Waals surface area contributed by atoms with Gasteiger partial charge in [-0.05, 0) is 24.8 Å². The maximum Gasteiger partial charge on any atom is 0.282 e. The zero-order valence-electron chi connectivity index (χ0n) is 12.5. The first kappa shape index (κ1) is 16.4. The van der Waals surface area contributed by atoms with Gasteiger partial charge in [0, 0.05) is 26.7 Å². The van der Waals surface area contributed by atoms with Crippen LogP contribution >= 0.6 is 0 Å². The van der Waals surface area contributed by atoms with Crippen molar-refractivity contribution in [3.05, 3.63) is 35.9 Å². The fourth-order valence-corrected chi connectivity index (χ4v) is 4.43. The highest BCUT2D eigenvalue weighted by Gasteiger charge is 2.33. The van der Waals surface area contributed by atoms with E-state index >= 15 is 0 Å². The molecule has 1 fully saturated rings. The fraction of sp³-hybridized carbons (Fsp3) is 0.600. The van der Waals surface area contributed by atoms with Crippen LogP contribution in [0.2, 0.25) is 0 Å². The second kappa shape index (κ2) is 7.35. The first-order valence-corrected chi connectivity index (χ1v) is 8.86. The van der Waals surface area contributed by atoms with Gasteiger partial charge < -0.3 is 5.11 Å². The van der Waals surface area contributed by atoms with Gasteiger partial charge in [-0.2, -0.15) is 17.0 Å². The minimum absolute atomic E-state index is 0.0422. The molecule has 21 heavy (non-hydrogen) atoms. The van der Waals surface area contributed by atoms with E-state index in [1.54, 1.807) is 11.4 Å². The molecule has 0 aliphatic carbocycles. The average molecular weight is 312 g/mol. The number of piperidine rings is 1. The Morgan fingerprint density at radius 2 is 1.81 bits per heavy atom. The molecule has 1 aromatic carbocycles. The molecule has 0 bridgehead atoms. The SMILES string of the molecule is CN(C(CCO)c1ccccc1)S(=O)(=O)N1CCCCC1. The van der Waals surface area contributed by atoms with Crippen LogP contribution in [0.25, 0.3) is 0 Å². The van der Waals surface area contributed by atoms with Crippen LogP contribution in [0.3, 0.4) is 0 Å². The van der Waals surface area contributed by atoms with Crippen molar-refractivity contribution >= 4 is 10.2 Å². The van der Waals surface area contributed by atoms with E-state index in [0.717, 1.165) is 24.8 Å². The van der Waals surface area contributed by atoms with Gasteiger partial charge >= 0.3 is 0 Å². The smallest absolute Gasteiger partial charge is 0.282 e. The number of aliphatic hydroxyl groups is 1. The Kier molecular flexibility index (Phi) is 5.75. The average Bonchev–Trinajstić information content (AvgIpc) is 2.53. The molecule has 1 aliphatic heterocycles. The van der Waals surface area contributed by atoms with Gasteiger partial charge in [0.05, 0.1) is 6.04 Å². The second-order valence-electron chi connectivity index (χ2n) is 5.42. The number of aliphatic hydroxyl groups excluding tert-OH is 1. The predicted octanol–water partition coefficient (Wildman–Crippen LogP) is 1.77. The van der Waals surface area contributed by atoms with Crippen molar-refractivity contribution in [1.29, 1.82) is 0 Å². The van der Waals surface area contributed by atoms with Crippen molar-refractivity contribution in [2.75, 3.05) is 26.7 Å². The summed E-state index contributed by atoms with van der Waals surface area (Å²) in [4.78, 5) is 0. The molecule has 1 N–H and O–H groups in total. The van der Waals surface area contributed by atoms with Crippen molar-refractivity contribution in [3.8, 4) is 0 Å². The first-order chi connectivity index (χ1) is 10.1. The molecule has 0 radical (unpaired) electrons. The van der Waals surface area contributed by atoms with Crippen LogP contribution in [-0.2, 0) is 10.2 Å². The molecule has 0 spiro atoms. The summed E-state index contributed by atoms with van der Waals surface area (Å²) in [6.45, 7) is 1.14. The summed E-state index contributed by atoms with van der Waals surface area (Å²) in [5.41, 5.74) is 0.912. The largest absolute Gasteiger partial charge is 0.396 e. The van der Waals surface area contributed by atoms with Crippen LogP contribution < -0.4 is 0 Å². The molecule has 6 heteroatoms. The minimum Gasteiger partial charge on any atom is -0.396 e. The zero-order chi connectivity index (χ0) is 15.3. The molecule has 2 rings (SSSR count). The van der Waals surface area contributed by atoms with E-state index in [2.05, 4.69) is 0 Å². The monoisotopic (exact) mass is 312 g/mol. The predicted molar refractivity (Wildman–Crippen MR) is 83.0 cm³/mol. The topological polar surface area (TPSA) is 60.9 Å². The van der Waals surface area contributed by atoms with E-state index in [1.165, 1.54) is 4.31 Å². The van der Waals surface area contributed by atoms with Gasteiger partial charge in [0.15, 0.2) is 0 Å². The van der Waals surface area contributed by atoms with E-state index in [1.807, 2.05) is 30.3 Å². The molecule has 1 atom stereocenters. The third kappa shape index (κ3) is 3.83. The Balaban J connectivity index is 2.23. The van der Waals surface area contributed by atoms with Gasteiger partial charge in [-0.15, -0.1) is 0 Å². The maximum atomic E-state index is 12.7. The highest BCUT2D eigenvalue weighted by molar-refractivity contribution is 7.86. The summed E-state index contributed by atoms with van der Waals surface area (Å²) in [6, 6.07) is 9.16. The van der Waals surface area contributed by atoms with Crippen molar-refractivity contribution < 1.29 is 13.5 Å². The summed E-state index contributed by atoms with van der Waals surface area (Å²) < 4.78 is 28.5. The Morgan fingerprint density at radius 3 is 2.38 bits per heavy atom. The Morgan fingerprint density at radius 1 is 1.19 bits per heavy atom. The number of benzene rings is 1. The molecule has 5 nitrogen and oxygen atoms in total. The number of hydrogen-bond acceptors (Lipinski definition) is 3. The summed E-state index contributed by atoms with van der Waals surface area (Å²) >= 11 is 0. The normalized spacial score (nSPS) is 18.8. The summed E-state index contributed by atoms with van der Waals surface area (Å²) in [5.74, 6) is 0. The first-order valence-electron chi connectivity index (χ1n) is 7.46. The van der Waals surface area contributed by atoms with Crippen LogP contribution in [0, 0.1) is 0 Å². The Labute approximate surface area is 127 Å². The molecule has 1 heterocycles. The van der Waals surface area contributed by atoms with E-state index in [0.29, 0.717) is 19.5 Å². The van der Waals surface area contributed by atoms with Crippen molar-refractivity contribution in [2.45, 2.75) is 31.7 Å². The van der Waals surface area contributed by atoms with Crippen LogP contribution in [0.1, 0.15) is 37.3 Å². The van der Waals surface area contributed by atoms with Crippen LogP contribution in [0.15, 0.2) is 30.3 Å². The van der Waals surface area contributed by atoms with Gasteiger partial charge in [0.25, 0.3) is 10.2 Å². The lowest BCUT2D eigenvalue weighted by Gasteiger charge is -2.34. The van der Waals surface area contributed by atoms with E-state index in [-0.39, 0.29) is 12.6 Å². The zero-order valence-corrected chi connectivity index (χ0v) is 13.3. The third-order valence-corrected chi connectivity index (χ3v) is 6.03. The Bertz CT molecular complexity index is 527. The molecule has 118 valence electrons. The highest BCUT2D eigenvalue weighted by Crippen LogP contribution is 2.27. The third-order valence-electron chi connectivity index (χ3n) is 4.03. The highest BCUT2D eigenvalue weighted by atomic mass is 32.2. The molecule has 0 aromatic heterocycles. The van der Waals surface area contributed by atoms with Gasteiger partial charge in [0.2, 0.25) is 0 Å². The number of hydrogen-bond donors (Lipinski definition) is 1. The van der Waals surface area contributed by atoms with Gasteiger partial charge in [-0.25, -0.2) is 0 Å². The molecule has 0 saturated carbocycles. The minimum atomic E-state index is -3.48. The Hall–Kier alpha value is -0.950. The van der Waals surface area contributed by atoms with Crippen LogP contribution in [0.5, 0.6) is 0 Å². The quantitative estimate of drug-likeness (QED) is 0.871.